The minimum absolute atomic E-state index is 0.00951. The molecule has 174 valence electrons. The number of unbranched alkanes of at least 4 members (excludes halogenated alkanes) is 1. The third-order valence-corrected chi connectivity index (χ3v) is 4.65. The lowest BCUT2D eigenvalue weighted by atomic mass is 9.93. The average Bonchev–Trinajstić information content (AvgIpc) is 3.24. The first-order chi connectivity index (χ1) is 15.2. The number of carbonyl (C=O) groups excluding carboxylic acids is 1. The van der Waals surface area contributed by atoms with E-state index in [1.54, 1.807) is 13.2 Å². The Morgan fingerprint density at radius 1 is 1.28 bits per heavy atom. The van der Waals surface area contributed by atoms with Crippen molar-refractivity contribution in [2.75, 3.05) is 30.8 Å². The number of amides is 1. The Kier molecular flexibility index (Phi) is 9.47. The fraction of sp³-hybridized carbons (Fsp3) is 0.565. The predicted molar refractivity (Wildman–Crippen MR) is 127 cm³/mol. The van der Waals surface area contributed by atoms with Crippen LogP contribution in [0.15, 0.2) is 16.8 Å². The molecular formula is C23H35N7O2. The first kappa shape index (κ1) is 25.1. The molecule has 0 aliphatic rings. The number of hydrogen-bond acceptors (Lipinski definition) is 8. The Labute approximate surface area is 190 Å². The summed E-state index contributed by atoms with van der Waals surface area (Å²) in [6.07, 6.45) is 4.09. The minimum Gasteiger partial charge on any atom is -0.369 e. The zero-order chi connectivity index (χ0) is 23.6. The van der Waals surface area contributed by atoms with Crippen LogP contribution in [0.3, 0.4) is 0 Å². The van der Waals surface area contributed by atoms with E-state index >= 15 is 0 Å². The maximum Gasteiger partial charge on any atom is 0.236 e. The van der Waals surface area contributed by atoms with Gasteiger partial charge < -0.3 is 25.8 Å². The molecule has 0 radical (unpaired) electrons. The van der Waals surface area contributed by atoms with E-state index in [-0.39, 0.29) is 17.4 Å². The molecule has 0 aliphatic carbocycles. The number of nitrogens with zero attached hydrogens (tertiary/aromatic N) is 3. The summed E-state index contributed by atoms with van der Waals surface area (Å²) in [6, 6.07) is 1.65. The van der Waals surface area contributed by atoms with E-state index in [1.165, 1.54) is 0 Å². The molecule has 1 atom stereocenters. The Morgan fingerprint density at radius 2 is 2.06 bits per heavy atom. The van der Waals surface area contributed by atoms with Crippen LogP contribution in [0.25, 0.3) is 0 Å². The van der Waals surface area contributed by atoms with Crippen molar-refractivity contribution in [3.8, 4) is 11.8 Å². The molecule has 0 saturated carbocycles. The van der Waals surface area contributed by atoms with Crippen LogP contribution in [0.5, 0.6) is 0 Å². The lowest BCUT2D eigenvalue weighted by Gasteiger charge is -2.12. The van der Waals surface area contributed by atoms with Crippen molar-refractivity contribution in [3.05, 3.63) is 23.6 Å². The first-order valence-corrected chi connectivity index (χ1v) is 11.0. The first-order valence-electron chi connectivity index (χ1n) is 11.0. The van der Waals surface area contributed by atoms with Crippen LogP contribution in [0, 0.1) is 11.8 Å². The zero-order valence-corrected chi connectivity index (χ0v) is 19.9. The summed E-state index contributed by atoms with van der Waals surface area (Å²) in [4.78, 5) is 20.7. The Bertz CT molecular complexity index is 938. The van der Waals surface area contributed by atoms with Crippen molar-refractivity contribution in [2.45, 2.75) is 65.3 Å². The Morgan fingerprint density at radius 3 is 2.72 bits per heavy atom. The molecule has 2 heterocycles. The minimum atomic E-state index is -0.199. The molecule has 2 aromatic rings. The summed E-state index contributed by atoms with van der Waals surface area (Å²) >= 11 is 0. The largest absolute Gasteiger partial charge is 0.369 e. The van der Waals surface area contributed by atoms with Gasteiger partial charge in [0, 0.05) is 31.0 Å². The molecule has 0 saturated heterocycles. The van der Waals surface area contributed by atoms with Crippen LogP contribution >= 0.6 is 0 Å². The lowest BCUT2D eigenvalue weighted by molar-refractivity contribution is -0.122. The molecule has 4 N–H and O–H groups in total. The van der Waals surface area contributed by atoms with Crippen LogP contribution in [0.4, 0.5) is 17.6 Å². The van der Waals surface area contributed by atoms with E-state index in [1.807, 2.05) is 13.0 Å². The fourth-order valence-electron chi connectivity index (χ4n) is 2.54. The van der Waals surface area contributed by atoms with Gasteiger partial charge in [0.05, 0.1) is 17.8 Å². The number of carbonyl (C=O) groups is 1. The topological polar surface area (TPSA) is 117 Å². The lowest BCUT2D eigenvalue weighted by Crippen LogP contribution is -2.40. The summed E-state index contributed by atoms with van der Waals surface area (Å²) in [7, 11) is 1.76. The average molecular weight is 442 g/mol. The Hall–Kier alpha value is -3.12. The van der Waals surface area contributed by atoms with Crippen LogP contribution in [-0.4, -0.2) is 47.2 Å². The van der Waals surface area contributed by atoms with Crippen LogP contribution in [-0.2, 0) is 10.2 Å². The number of nitrogens with one attached hydrogen (secondary N) is 4. The highest BCUT2D eigenvalue weighted by Gasteiger charge is 2.20. The third-order valence-electron chi connectivity index (χ3n) is 4.65. The molecule has 2 rings (SSSR count). The maximum atomic E-state index is 11.7. The van der Waals surface area contributed by atoms with Gasteiger partial charge in [0.15, 0.2) is 5.82 Å². The number of anilines is 3. The second-order valence-corrected chi connectivity index (χ2v) is 8.54. The van der Waals surface area contributed by atoms with Crippen molar-refractivity contribution < 1.29 is 9.32 Å². The molecule has 1 amide bonds. The van der Waals surface area contributed by atoms with Crippen LogP contribution in [0.1, 0.15) is 65.2 Å². The van der Waals surface area contributed by atoms with E-state index in [9.17, 15) is 4.79 Å². The molecule has 0 unspecified atom stereocenters. The van der Waals surface area contributed by atoms with Crippen molar-refractivity contribution in [3.63, 3.8) is 0 Å². The summed E-state index contributed by atoms with van der Waals surface area (Å²) in [5, 5.41) is 16.2. The second-order valence-electron chi connectivity index (χ2n) is 8.54. The number of likely N-dealkylation sites (N-methyl/N-ethyl adjacent to an activating group) is 1. The van der Waals surface area contributed by atoms with Crippen molar-refractivity contribution in [2.24, 2.45) is 0 Å². The molecule has 0 bridgehead atoms. The highest BCUT2D eigenvalue weighted by Crippen LogP contribution is 2.25. The molecule has 9 nitrogen and oxygen atoms in total. The van der Waals surface area contributed by atoms with E-state index < -0.39 is 0 Å². The summed E-state index contributed by atoms with van der Waals surface area (Å²) in [5.74, 6) is 8.70. The standard InChI is InChI=1S/C23H35N7O2/c1-7-12-25-20-17(11-9-8-10-13-26-21(31)16(2)24-6)15-27-22(29-20)28-19-14-18(32-30-19)23(3,4)5/h14-16,24H,7-8,10,12-13H2,1-6H3,(H,26,31)(H2,25,27,28,29,30)/t16-/m0/s1. The van der Waals surface area contributed by atoms with Gasteiger partial charge in [-0.3, -0.25) is 4.79 Å². The van der Waals surface area contributed by atoms with Gasteiger partial charge >= 0.3 is 0 Å². The molecular weight excluding hydrogens is 406 g/mol. The van der Waals surface area contributed by atoms with Crippen molar-refractivity contribution in [1.29, 1.82) is 0 Å². The molecule has 0 aliphatic heterocycles. The van der Waals surface area contributed by atoms with Gasteiger partial charge in [-0.1, -0.05) is 44.7 Å². The molecule has 0 spiro atoms. The van der Waals surface area contributed by atoms with Gasteiger partial charge in [-0.15, -0.1) is 0 Å². The van der Waals surface area contributed by atoms with Gasteiger partial charge in [-0.25, -0.2) is 4.98 Å². The summed E-state index contributed by atoms with van der Waals surface area (Å²) in [6.45, 7) is 11.5. The molecule has 9 heteroatoms. The molecule has 32 heavy (non-hydrogen) atoms. The van der Waals surface area contributed by atoms with Gasteiger partial charge in [0.25, 0.3) is 0 Å². The van der Waals surface area contributed by atoms with E-state index in [4.69, 9.17) is 4.52 Å². The third kappa shape index (κ3) is 7.85. The van der Waals surface area contributed by atoms with E-state index in [0.29, 0.717) is 30.5 Å². The monoisotopic (exact) mass is 441 g/mol. The summed E-state index contributed by atoms with van der Waals surface area (Å²) in [5.41, 5.74) is 0.599. The summed E-state index contributed by atoms with van der Waals surface area (Å²) < 4.78 is 5.40. The highest BCUT2D eigenvalue weighted by molar-refractivity contribution is 5.81. The zero-order valence-electron chi connectivity index (χ0n) is 19.9. The molecule has 0 fully saturated rings. The highest BCUT2D eigenvalue weighted by atomic mass is 16.5. The van der Waals surface area contributed by atoms with Crippen molar-refractivity contribution >= 4 is 23.5 Å². The van der Waals surface area contributed by atoms with Crippen LogP contribution < -0.4 is 21.3 Å². The normalized spacial score (nSPS) is 11.9. The van der Waals surface area contributed by atoms with Crippen LogP contribution in [0.2, 0.25) is 0 Å². The smallest absolute Gasteiger partial charge is 0.236 e. The quantitative estimate of drug-likeness (QED) is 0.328. The number of aromatic nitrogens is 3. The maximum absolute atomic E-state index is 11.7. The van der Waals surface area contributed by atoms with Gasteiger partial charge in [0.1, 0.15) is 11.6 Å². The predicted octanol–water partition coefficient (Wildman–Crippen LogP) is 3.18. The second kappa shape index (κ2) is 12.1. The Balaban J connectivity index is 2.00. The fourth-order valence-corrected chi connectivity index (χ4v) is 2.54. The van der Waals surface area contributed by atoms with E-state index in [2.05, 4.69) is 75.9 Å². The SMILES string of the molecule is CCCNc1nc(Nc2cc(C(C)(C)C)on2)ncc1C#CCCCNC(=O)[C@H](C)NC. The van der Waals surface area contributed by atoms with Crippen molar-refractivity contribution in [1.82, 2.24) is 25.8 Å². The number of hydrogen-bond donors (Lipinski definition) is 4. The van der Waals surface area contributed by atoms with E-state index in [0.717, 1.165) is 30.7 Å². The van der Waals surface area contributed by atoms with Gasteiger partial charge in [0.2, 0.25) is 11.9 Å². The van der Waals surface area contributed by atoms with Gasteiger partial charge in [-0.2, -0.15) is 4.98 Å². The molecule has 2 aromatic heterocycles. The van der Waals surface area contributed by atoms with Gasteiger partial charge in [-0.05, 0) is 26.8 Å². The molecule has 0 aromatic carbocycles. The number of rotatable bonds is 10.